The van der Waals surface area contributed by atoms with Gasteiger partial charge < -0.3 is 24.6 Å². The number of ether oxygens (including phenoxy) is 1. The number of hydrogen-bond donors (Lipinski definition) is 2. The van der Waals surface area contributed by atoms with Crippen molar-refractivity contribution < 1.29 is 23.4 Å². The highest BCUT2D eigenvalue weighted by Crippen LogP contribution is 2.43. The van der Waals surface area contributed by atoms with Crippen LogP contribution in [0.15, 0.2) is 17.1 Å². The molecule has 160 valence electrons. The smallest absolute Gasteiger partial charge is 0.341 e. The predicted molar refractivity (Wildman–Crippen MR) is 107 cm³/mol. The molecule has 1 unspecified atom stereocenters. The maximum absolute atomic E-state index is 15.2. The van der Waals surface area contributed by atoms with Crippen LogP contribution in [0.4, 0.5) is 14.5 Å². The van der Waals surface area contributed by atoms with E-state index >= 15 is 4.39 Å². The van der Waals surface area contributed by atoms with Crippen molar-refractivity contribution in [2.24, 2.45) is 5.92 Å². The average Bonchev–Trinajstić information content (AvgIpc) is 3.46. The normalized spacial score (nSPS) is 25.6. The Morgan fingerprint density at radius 2 is 2.13 bits per heavy atom. The quantitative estimate of drug-likeness (QED) is 0.774. The van der Waals surface area contributed by atoms with Gasteiger partial charge in [-0.25, -0.2) is 13.6 Å². The topological polar surface area (TPSA) is 83.8 Å². The van der Waals surface area contributed by atoms with Crippen molar-refractivity contribution in [3.8, 4) is 5.75 Å². The molecule has 0 bridgehead atoms. The van der Waals surface area contributed by atoms with Gasteiger partial charge in [0.05, 0.1) is 16.9 Å². The molecule has 5 rings (SSSR count). The molecule has 2 fully saturated rings. The van der Waals surface area contributed by atoms with E-state index in [4.69, 9.17) is 4.74 Å². The first kappa shape index (κ1) is 19.3. The van der Waals surface area contributed by atoms with Gasteiger partial charge in [-0.05, 0) is 25.8 Å². The number of anilines is 1. The van der Waals surface area contributed by atoms with Crippen molar-refractivity contribution in [3.63, 3.8) is 0 Å². The van der Waals surface area contributed by atoms with Crippen molar-refractivity contribution in [1.82, 2.24) is 9.88 Å². The van der Waals surface area contributed by atoms with Gasteiger partial charge in [0.2, 0.25) is 5.43 Å². The Bertz CT molecular complexity index is 1100. The Balaban J connectivity index is 1.60. The van der Waals surface area contributed by atoms with E-state index in [9.17, 15) is 19.1 Å². The third kappa shape index (κ3) is 3.03. The summed E-state index contributed by atoms with van der Waals surface area (Å²) in [5.41, 5.74) is -0.669. The minimum Gasteiger partial charge on any atom is -0.487 e. The lowest BCUT2D eigenvalue weighted by atomic mass is 10.1. The van der Waals surface area contributed by atoms with E-state index < -0.39 is 29.0 Å². The van der Waals surface area contributed by atoms with Gasteiger partial charge in [-0.3, -0.25) is 4.79 Å². The molecular formula is C21H23F2N3O4. The molecule has 3 atom stereocenters. The van der Waals surface area contributed by atoms with Gasteiger partial charge in [-0.2, -0.15) is 0 Å². The molecule has 7 nitrogen and oxygen atoms in total. The molecule has 2 aliphatic heterocycles. The Labute approximate surface area is 171 Å². The first-order valence-electron chi connectivity index (χ1n) is 10.2. The molecule has 2 N–H and O–H groups in total. The molecule has 30 heavy (non-hydrogen) atoms. The van der Waals surface area contributed by atoms with Crippen molar-refractivity contribution in [3.05, 3.63) is 33.9 Å². The molecule has 3 heterocycles. The number of rotatable bonds is 5. The second-order valence-electron chi connectivity index (χ2n) is 8.54. The van der Waals surface area contributed by atoms with Crippen LogP contribution in [0.3, 0.4) is 0 Å². The second kappa shape index (κ2) is 6.94. The summed E-state index contributed by atoms with van der Waals surface area (Å²) in [5.74, 6) is -2.14. The standard InChI is InChI=1S/C21H23F2N3O4/c1-10-9-30-20-17-13(19(27)14(21(28)29)7-26(10)17)4-15(22)18(20)25-6-11(16(23)8-25)5-24-12-2-3-12/h4,7,10-12,16,24H,2-3,5-6,8-9H2,1H3,(H,28,29)/t10?,11-,16-/m0/s1. The predicted octanol–water partition coefficient (Wildman–Crippen LogP) is 2.32. The van der Waals surface area contributed by atoms with E-state index in [1.165, 1.54) is 6.20 Å². The van der Waals surface area contributed by atoms with Crippen molar-refractivity contribution in [2.75, 3.05) is 31.1 Å². The van der Waals surface area contributed by atoms with Crippen LogP contribution in [-0.4, -0.2) is 54.1 Å². The molecule has 0 amide bonds. The van der Waals surface area contributed by atoms with Crippen LogP contribution in [0.5, 0.6) is 5.75 Å². The van der Waals surface area contributed by atoms with Crippen LogP contribution < -0.4 is 20.4 Å². The van der Waals surface area contributed by atoms with Crippen molar-refractivity contribution >= 4 is 22.6 Å². The van der Waals surface area contributed by atoms with E-state index in [2.05, 4.69) is 5.32 Å². The van der Waals surface area contributed by atoms with Gasteiger partial charge in [0.15, 0.2) is 11.6 Å². The number of benzene rings is 1. The lowest BCUT2D eigenvalue weighted by Gasteiger charge is -2.31. The minimum atomic E-state index is -1.36. The fraction of sp³-hybridized carbons (Fsp3) is 0.524. The second-order valence-corrected chi connectivity index (χ2v) is 8.54. The zero-order valence-corrected chi connectivity index (χ0v) is 16.5. The molecule has 3 aliphatic rings. The molecular weight excluding hydrogens is 396 g/mol. The summed E-state index contributed by atoms with van der Waals surface area (Å²) in [4.78, 5) is 25.8. The Hall–Kier alpha value is -2.68. The number of aromatic carboxylic acids is 1. The summed E-state index contributed by atoms with van der Waals surface area (Å²) >= 11 is 0. The largest absolute Gasteiger partial charge is 0.487 e. The van der Waals surface area contributed by atoms with Crippen molar-refractivity contribution in [1.29, 1.82) is 0 Å². The highest BCUT2D eigenvalue weighted by atomic mass is 19.1. The summed E-state index contributed by atoms with van der Waals surface area (Å²) < 4.78 is 37.4. The van der Waals surface area contributed by atoms with Gasteiger partial charge in [0.25, 0.3) is 0 Å². The molecule has 2 aromatic rings. The lowest BCUT2D eigenvalue weighted by molar-refractivity contribution is 0.0694. The first-order valence-corrected chi connectivity index (χ1v) is 10.2. The van der Waals surface area contributed by atoms with Crippen LogP contribution in [-0.2, 0) is 0 Å². The third-order valence-electron chi connectivity index (χ3n) is 6.30. The summed E-state index contributed by atoms with van der Waals surface area (Å²) in [5, 5.41) is 12.7. The fourth-order valence-electron chi connectivity index (χ4n) is 4.47. The first-order chi connectivity index (χ1) is 14.3. The SMILES string of the molecule is CC1COc2c(N3C[C@H](CNC4CC4)[C@@H](F)C3)c(F)cc3c(=O)c(C(=O)O)cn1c23. The molecule has 1 aromatic carbocycles. The summed E-state index contributed by atoms with van der Waals surface area (Å²) in [7, 11) is 0. The van der Waals surface area contributed by atoms with Crippen LogP contribution in [0.25, 0.3) is 10.9 Å². The lowest BCUT2D eigenvalue weighted by Crippen LogP contribution is -2.31. The zero-order valence-electron chi connectivity index (χ0n) is 16.5. The average molecular weight is 419 g/mol. The number of carboxylic acids is 1. The number of nitrogens with zero attached hydrogens (tertiary/aromatic N) is 2. The highest BCUT2D eigenvalue weighted by Gasteiger charge is 2.38. The van der Waals surface area contributed by atoms with Gasteiger partial charge in [0, 0.05) is 37.8 Å². The zero-order chi connectivity index (χ0) is 21.2. The van der Waals surface area contributed by atoms with Crippen LogP contribution >= 0.6 is 0 Å². The van der Waals surface area contributed by atoms with Crippen LogP contribution in [0, 0.1) is 11.7 Å². The number of pyridine rings is 1. The summed E-state index contributed by atoms with van der Waals surface area (Å²) in [6, 6.07) is 1.29. The van der Waals surface area contributed by atoms with E-state index in [1.54, 1.807) is 9.47 Å². The van der Waals surface area contributed by atoms with E-state index in [-0.39, 0.29) is 41.9 Å². The highest BCUT2D eigenvalue weighted by molar-refractivity contribution is 5.97. The number of nitrogens with one attached hydrogen (secondary N) is 1. The number of halogens is 2. The Kier molecular flexibility index (Phi) is 4.46. The van der Waals surface area contributed by atoms with Crippen LogP contribution in [0.2, 0.25) is 0 Å². The van der Waals surface area contributed by atoms with Gasteiger partial charge in [0.1, 0.15) is 24.0 Å². The van der Waals surface area contributed by atoms with Crippen molar-refractivity contribution in [2.45, 2.75) is 38.0 Å². The fourth-order valence-corrected chi connectivity index (χ4v) is 4.47. The molecule has 1 aromatic heterocycles. The Morgan fingerprint density at radius 3 is 2.83 bits per heavy atom. The minimum absolute atomic E-state index is 0.0411. The number of hydrogen-bond acceptors (Lipinski definition) is 5. The van der Waals surface area contributed by atoms with Crippen LogP contribution in [0.1, 0.15) is 36.2 Å². The molecule has 0 spiro atoms. The number of carboxylic acid groups (broad SMARTS) is 1. The summed E-state index contributed by atoms with van der Waals surface area (Å²) in [6.45, 7) is 2.95. The third-order valence-corrected chi connectivity index (χ3v) is 6.30. The Morgan fingerprint density at radius 1 is 1.37 bits per heavy atom. The van der Waals surface area contributed by atoms with E-state index in [0.717, 1.165) is 18.9 Å². The monoisotopic (exact) mass is 419 g/mol. The number of alkyl halides is 1. The maximum Gasteiger partial charge on any atom is 0.341 e. The number of carbonyl (C=O) groups is 1. The molecule has 0 radical (unpaired) electrons. The summed E-state index contributed by atoms with van der Waals surface area (Å²) in [6.07, 6.45) is 2.41. The maximum atomic E-state index is 15.2. The van der Waals surface area contributed by atoms with Gasteiger partial charge in [-0.1, -0.05) is 0 Å². The molecule has 1 saturated carbocycles. The molecule has 1 saturated heterocycles. The van der Waals surface area contributed by atoms with E-state index in [0.29, 0.717) is 24.6 Å². The molecule has 9 heteroatoms. The van der Waals surface area contributed by atoms with Gasteiger partial charge >= 0.3 is 5.97 Å². The van der Waals surface area contributed by atoms with E-state index in [1.807, 2.05) is 6.92 Å². The number of aromatic nitrogens is 1. The molecule has 1 aliphatic carbocycles. The van der Waals surface area contributed by atoms with Gasteiger partial charge in [-0.15, -0.1) is 0 Å².